The van der Waals surface area contributed by atoms with Crippen LogP contribution in [0.4, 0.5) is 0 Å². The smallest absolute Gasteiger partial charge is 0.260 e. The van der Waals surface area contributed by atoms with Gasteiger partial charge in [-0.3, -0.25) is 4.79 Å². The second-order valence-corrected chi connectivity index (χ2v) is 8.30. The van der Waals surface area contributed by atoms with Crippen molar-refractivity contribution in [1.82, 2.24) is 9.97 Å². The van der Waals surface area contributed by atoms with E-state index < -0.39 is 0 Å². The first kappa shape index (κ1) is 17.7. The van der Waals surface area contributed by atoms with E-state index in [0.29, 0.717) is 17.3 Å². The summed E-state index contributed by atoms with van der Waals surface area (Å²) in [5, 5.41) is 10.3. The number of hydrogen-bond acceptors (Lipinski definition) is 4. The van der Waals surface area contributed by atoms with E-state index in [2.05, 4.69) is 42.0 Å². The van der Waals surface area contributed by atoms with E-state index >= 15 is 0 Å². The van der Waals surface area contributed by atoms with Crippen LogP contribution in [-0.2, 0) is 19.3 Å². The van der Waals surface area contributed by atoms with Gasteiger partial charge in [-0.1, -0.05) is 38.1 Å². The average Bonchev–Trinajstić information content (AvgIpc) is 3.04. The summed E-state index contributed by atoms with van der Waals surface area (Å²) < 4.78 is 0. The summed E-state index contributed by atoms with van der Waals surface area (Å²) in [5.74, 6) is 0.992. The summed E-state index contributed by atoms with van der Waals surface area (Å²) in [6, 6.07) is 10.3. The first-order valence-electron chi connectivity index (χ1n) is 9.34. The Morgan fingerprint density at radius 1 is 1.41 bits per heavy atom. The zero-order chi connectivity index (χ0) is 19.0. The molecule has 1 aliphatic rings. The Morgan fingerprint density at radius 3 is 2.89 bits per heavy atom. The lowest BCUT2D eigenvalue weighted by molar-refractivity contribution is 0.509. The van der Waals surface area contributed by atoms with E-state index in [4.69, 9.17) is 0 Å². The molecular weight excluding hydrogens is 354 g/mol. The Labute approximate surface area is 162 Å². The molecule has 0 radical (unpaired) electrons. The van der Waals surface area contributed by atoms with Gasteiger partial charge < -0.3 is 4.98 Å². The zero-order valence-electron chi connectivity index (χ0n) is 15.5. The van der Waals surface area contributed by atoms with Crippen molar-refractivity contribution in [1.29, 1.82) is 5.26 Å². The van der Waals surface area contributed by atoms with Crippen molar-refractivity contribution in [2.45, 2.75) is 39.5 Å². The fraction of sp³-hybridized carbons (Fsp3) is 0.318. The highest BCUT2D eigenvalue weighted by Crippen LogP contribution is 2.35. The molecule has 0 saturated carbocycles. The SMILES string of the molecule is CCc1ccc(/C=C(\C#N)c2nc3sc4c(c3c(=O)[nH]2)CC[C@H](C)C4)cc1. The molecule has 5 heteroatoms. The van der Waals surface area contributed by atoms with Gasteiger partial charge in [0.2, 0.25) is 0 Å². The number of allylic oxidation sites excluding steroid dienone is 1. The number of fused-ring (bicyclic) bond motifs is 3. The number of nitriles is 1. The molecule has 0 aliphatic heterocycles. The van der Waals surface area contributed by atoms with Gasteiger partial charge in [-0.2, -0.15) is 5.26 Å². The lowest BCUT2D eigenvalue weighted by atomic mass is 9.89. The summed E-state index contributed by atoms with van der Waals surface area (Å²) in [4.78, 5) is 22.2. The van der Waals surface area contributed by atoms with Gasteiger partial charge in [0.15, 0.2) is 5.82 Å². The van der Waals surface area contributed by atoms with E-state index in [9.17, 15) is 10.1 Å². The summed E-state index contributed by atoms with van der Waals surface area (Å²) in [6.07, 6.45) is 5.81. The first-order valence-corrected chi connectivity index (χ1v) is 10.2. The number of aromatic nitrogens is 2. The van der Waals surface area contributed by atoms with Crippen molar-refractivity contribution in [3.8, 4) is 6.07 Å². The molecule has 1 atom stereocenters. The van der Waals surface area contributed by atoms with Crippen LogP contribution in [0.25, 0.3) is 21.9 Å². The fourth-order valence-electron chi connectivity index (χ4n) is 3.65. The van der Waals surface area contributed by atoms with E-state index in [1.54, 1.807) is 17.4 Å². The molecule has 2 aromatic heterocycles. The first-order chi connectivity index (χ1) is 13.1. The molecule has 4 rings (SSSR count). The number of nitrogens with zero attached hydrogens (tertiary/aromatic N) is 2. The topological polar surface area (TPSA) is 69.5 Å². The molecule has 2 heterocycles. The molecule has 4 nitrogen and oxygen atoms in total. The Hall–Kier alpha value is -2.71. The Bertz CT molecular complexity index is 1130. The van der Waals surface area contributed by atoms with Crippen molar-refractivity contribution in [3.63, 3.8) is 0 Å². The molecule has 0 unspecified atom stereocenters. The van der Waals surface area contributed by atoms with E-state index in [0.717, 1.165) is 47.0 Å². The van der Waals surface area contributed by atoms with E-state index in [1.807, 2.05) is 12.1 Å². The third-order valence-electron chi connectivity index (χ3n) is 5.24. The minimum atomic E-state index is -0.135. The van der Waals surface area contributed by atoms with Crippen molar-refractivity contribution in [2.75, 3.05) is 0 Å². The summed E-state index contributed by atoms with van der Waals surface area (Å²) >= 11 is 1.60. The van der Waals surface area contributed by atoms with Crippen molar-refractivity contribution < 1.29 is 0 Å². The second kappa shape index (κ2) is 7.13. The number of hydrogen-bond donors (Lipinski definition) is 1. The van der Waals surface area contributed by atoms with Gasteiger partial charge in [-0.05, 0) is 54.4 Å². The molecule has 1 N–H and O–H groups in total. The maximum Gasteiger partial charge on any atom is 0.260 e. The molecule has 1 aliphatic carbocycles. The van der Waals surface area contributed by atoms with Crippen molar-refractivity contribution in [3.05, 3.63) is 62.0 Å². The highest BCUT2D eigenvalue weighted by molar-refractivity contribution is 7.18. The van der Waals surface area contributed by atoms with Crippen molar-refractivity contribution in [2.24, 2.45) is 5.92 Å². The van der Waals surface area contributed by atoms with E-state index in [-0.39, 0.29) is 5.56 Å². The molecule has 0 amide bonds. The molecule has 136 valence electrons. The summed E-state index contributed by atoms with van der Waals surface area (Å²) in [6.45, 7) is 4.35. The Morgan fingerprint density at radius 2 is 2.19 bits per heavy atom. The minimum Gasteiger partial charge on any atom is -0.305 e. The predicted molar refractivity (Wildman–Crippen MR) is 111 cm³/mol. The van der Waals surface area contributed by atoms with E-state index in [1.165, 1.54) is 10.4 Å². The number of benzene rings is 1. The Balaban J connectivity index is 1.79. The molecule has 27 heavy (non-hydrogen) atoms. The second-order valence-electron chi connectivity index (χ2n) is 7.21. The monoisotopic (exact) mass is 375 g/mol. The molecular formula is C22H21N3OS. The average molecular weight is 375 g/mol. The molecule has 0 saturated heterocycles. The largest absolute Gasteiger partial charge is 0.305 e. The van der Waals surface area contributed by atoms with Gasteiger partial charge in [0.25, 0.3) is 5.56 Å². The predicted octanol–water partition coefficient (Wildman–Crippen LogP) is 4.74. The summed E-state index contributed by atoms with van der Waals surface area (Å²) in [7, 11) is 0. The maximum atomic E-state index is 12.7. The molecule has 3 aromatic rings. The quantitative estimate of drug-likeness (QED) is 0.673. The normalized spacial score (nSPS) is 16.9. The number of aromatic amines is 1. The van der Waals surface area contributed by atoms with Crippen LogP contribution in [0.3, 0.4) is 0 Å². The van der Waals surface area contributed by atoms with Gasteiger partial charge in [-0.25, -0.2) is 4.98 Å². The van der Waals surface area contributed by atoms with Crippen LogP contribution < -0.4 is 5.56 Å². The van der Waals surface area contributed by atoms with Crippen LogP contribution in [0.2, 0.25) is 0 Å². The number of thiophene rings is 1. The number of nitrogens with one attached hydrogen (secondary N) is 1. The third kappa shape index (κ3) is 3.33. The van der Waals surface area contributed by atoms with Gasteiger partial charge in [0.05, 0.1) is 11.0 Å². The minimum absolute atomic E-state index is 0.135. The van der Waals surface area contributed by atoms with Crippen LogP contribution >= 0.6 is 11.3 Å². The number of rotatable bonds is 3. The maximum absolute atomic E-state index is 12.7. The van der Waals surface area contributed by atoms with Crippen LogP contribution in [0.5, 0.6) is 0 Å². The fourth-order valence-corrected chi connectivity index (χ4v) is 5.03. The molecule has 0 fully saturated rings. The third-order valence-corrected chi connectivity index (χ3v) is 6.39. The zero-order valence-corrected chi connectivity index (χ0v) is 16.3. The number of H-pyrrole nitrogens is 1. The van der Waals surface area contributed by atoms with Crippen LogP contribution in [0.1, 0.15) is 47.7 Å². The van der Waals surface area contributed by atoms with Gasteiger partial charge in [0.1, 0.15) is 10.9 Å². The lowest BCUT2D eigenvalue weighted by Crippen LogP contribution is -2.14. The molecule has 0 spiro atoms. The Kier molecular flexibility index (Phi) is 4.67. The molecule has 0 bridgehead atoms. The van der Waals surface area contributed by atoms with Gasteiger partial charge >= 0.3 is 0 Å². The highest BCUT2D eigenvalue weighted by Gasteiger charge is 2.23. The van der Waals surface area contributed by atoms with Crippen LogP contribution in [-0.4, -0.2) is 9.97 Å². The summed E-state index contributed by atoms with van der Waals surface area (Å²) in [5.41, 5.74) is 3.57. The standard InChI is InChI=1S/C22H21N3OS/c1-3-14-5-7-15(8-6-14)11-16(12-23)20-24-21(26)19-17-9-4-13(2)10-18(17)27-22(19)25-20/h5-8,11,13H,3-4,9-10H2,1-2H3,(H,24,25,26)/b16-11+/t13-/m0/s1. The number of aryl methyl sites for hydroxylation is 2. The van der Waals surface area contributed by atoms with Crippen LogP contribution in [0.15, 0.2) is 29.1 Å². The molecule has 1 aromatic carbocycles. The van der Waals surface area contributed by atoms with Crippen LogP contribution in [0, 0.1) is 17.2 Å². The lowest BCUT2D eigenvalue weighted by Gasteiger charge is -2.17. The van der Waals surface area contributed by atoms with Gasteiger partial charge in [-0.15, -0.1) is 11.3 Å². The van der Waals surface area contributed by atoms with Gasteiger partial charge in [0, 0.05) is 4.88 Å². The van der Waals surface area contributed by atoms with Crippen molar-refractivity contribution >= 4 is 33.2 Å². The highest BCUT2D eigenvalue weighted by atomic mass is 32.1.